The molecule has 0 aromatic rings. The molecule has 1 atom stereocenters. The number of hydrogen-bond donors (Lipinski definition) is 2. The standard InChI is InChI=1S/C18H36N2/c1-4-17(10-7-11-19-13-17)14-20-15-18(12-16(2)3)8-5-6-9-18/h16,19-20H,4-15H2,1-3H3. The van der Waals surface area contributed by atoms with E-state index in [1.54, 1.807) is 0 Å². The Balaban J connectivity index is 1.83. The number of rotatable bonds is 7. The van der Waals surface area contributed by atoms with Gasteiger partial charge in [-0.3, -0.25) is 0 Å². The van der Waals surface area contributed by atoms with Crippen LogP contribution in [0.15, 0.2) is 0 Å². The lowest BCUT2D eigenvalue weighted by atomic mass is 9.76. The summed E-state index contributed by atoms with van der Waals surface area (Å²) in [5.74, 6) is 0.839. The molecule has 2 aliphatic rings. The highest BCUT2D eigenvalue weighted by atomic mass is 14.9. The van der Waals surface area contributed by atoms with E-state index in [-0.39, 0.29) is 0 Å². The van der Waals surface area contributed by atoms with Gasteiger partial charge in [0.1, 0.15) is 0 Å². The van der Waals surface area contributed by atoms with Gasteiger partial charge >= 0.3 is 0 Å². The maximum atomic E-state index is 3.89. The molecule has 0 bridgehead atoms. The van der Waals surface area contributed by atoms with E-state index in [0.717, 1.165) is 5.92 Å². The summed E-state index contributed by atoms with van der Waals surface area (Å²) in [5, 5.41) is 7.50. The number of hydrogen-bond acceptors (Lipinski definition) is 2. The molecule has 1 saturated heterocycles. The second-order valence-corrected chi connectivity index (χ2v) is 8.04. The second kappa shape index (κ2) is 7.26. The zero-order valence-electron chi connectivity index (χ0n) is 14.1. The fourth-order valence-electron chi connectivity index (χ4n) is 4.64. The number of piperidine rings is 1. The van der Waals surface area contributed by atoms with Gasteiger partial charge in [0, 0.05) is 19.6 Å². The molecule has 0 amide bonds. The first-order valence-corrected chi connectivity index (χ1v) is 9.01. The zero-order valence-corrected chi connectivity index (χ0v) is 14.1. The molecule has 0 radical (unpaired) electrons. The Morgan fingerprint density at radius 2 is 1.65 bits per heavy atom. The molecule has 1 aliphatic heterocycles. The van der Waals surface area contributed by atoms with Crippen molar-refractivity contribution >= 4 is 0 Å². The van der Waals surface area contributed by atoms with E-state index in [1.807, 2.05) is 0 Å². The summed E-state index contributed by atoms with van der Waals surface area (Å²) in [6.45, 7) is 12.1. The third-order valence-corrected chi connectivity index (χ3v) is 5.82. The van der Waals surface area contributed by atoms with Gasteiger partial charge in [-0.1, -0.05) is 33.6 Å². The first kappa shape index (κ1) is 16.3. The van der Waals surface area contributed by atoms with Crippen LogP contribution in [0.5, 0.6) is 0 Å². The minimum Gasteiger partial charge on any atom is -0.316 e. The van der Waals surface area contributed by atoms with Crippen LogP contribution in [0.25, 0.3) is 0 Å². The topological polar surface area (TPSA) is 24.1 Å². The highest BCUT2D eigenvalue weighted by Crippen LogP contribution is 2.42. The Morgan fingerprint density at radius 1 is 1.00 bits per heavy atom. The van der Waals surface area contributed by atoms with E-state index in [1.165, 1.54) is 77.5 Å². The van der Waals surface area contributed by atoms with E-state index in [9.17, 15) is 0 Å². The Morgan fingerprint density at radius 3 is 2.20 bits per heavy atom. The first-order chi connectivity index (χ1) is 9.60. The maximum Gasteiger partial charge on any atom is 0.00201 e. The van der Waals surface area contributed by atoms with Gasteiger partial charge in [0.25, 0.3) is 0 Å². The van der Waals surface area contributed by atoms with E-state index in [0.29, 0.717) is 10.8 Å². The largest absolute Gasteiger partial charge is 0.316 e. The molecule has 2 rings (SSSR count). The van der Waals surface area contributed by atoms with E-state index >= 15 is 0 Å². The van der Waals surface area contributed by atoms with Crippen LogP contribution in [0.2, 0.25) is 0 Å². The van der Waals surface area contributed by atoms with Gasteiger partial charge in [-0.2, -0.15) is 0 Å². The molecule has 2 fully saturated rings. The molecular formula is C18H36N2. The normalized spacial score (nSPS) is 30.0. The van der Waals surface area contributed by atoms with Gasteiger partial charge in [0.15, 0.2) is 0 Å². The summed E-state index contributed by atoms with van der Waals surface area (Å²) >= 11 is 0. The van der Waals surface area contributed by atoms with Crippen molar-refractivity contribution in [1.82, 2.24) is 10.6 Å². The van der Waals surface area contributed by atoms with E-state index in [4.69, 9.17) is 0 Å². The molecule has 1 unspecified atom stereocenters. The van der Waals surface area contributed by atoms with E-state index in [2.05, 4.69) is 31.4 Å². The molecule has 0 aromatic heterocycles. The lowest BCUT2D eigenvalue weighted by Crippen LogP contribution is -2.47. The lowest BCUT2D eigenvalue weighted by Gasteiger charge is -2.39. The van der Waals surface area contributed by atoms with Crippen molar-refractivity contribution in [2.75, 3.05) is 26.2 Å². The van der Waals surface area contributed by atoms with Gasteiger partial charge < -0.3 is 10.6 Å². The van der Waals surface area contributed by atoms with Crippen molar-refractivity contribution in [2.45, 2.75) is 72.1 Å². The van der Waals surface area contributed by atoms with Gasteiger partial charge in [-0.05, 0) is 61.8 Å². The summed E-state index contributed by atoms with van der Waals surface area (Å²) in [4.78, 5) is 0. The average Bonchev–Trinajstić information content (AvgIpc) is 2.87. The predicted molar refractivity (Wildman–Crippen MR) is 88.1 cm³/mol. The summed E-state index contributed by atoms with van der Waals surface area (Å²) in [6, 6.07) is 0. The van der Waals surface area contributed by atoms with Crippen LogP contribution in [0.1, 0.15) is 72.1 Å². The molecule has 2 N–H and O–H groups in total. The summed E-state index contributed by atoms with van der Waals surface area (Å²) in [6.07, 6.45) is 11.3. The molecule has 0 spiro atoms. The highest BCUT2D eigenvalue weighted by Gasteiger charge is 2.35. The Hall–Kier alpha value is -0.0800. The summed E-state index contributed by atoms with van der Waals surface area (Å²) in [7, 11) is 0. The minimum absolute atomic E-state index is 0.524. The molecule has 2 nitrogen and oxygen atoms in total. The van der Waals surface area contributed by atoms with E-state index < -0.39 is 0 Å². The highest BCUT2D eigenvalue weighted by molar-refractivity contribution is 4.91. The van der Waals surface area contributed by atoms with Crippen molar-refractivity contribution < 1.29 is 0 Å². The SMILES string of the molecule is CCC1(CNCC2(CC(C)C)CCCC2)CCCNC1. The van der Waals surface area contributed by atoms with Crippen LogP contribution in [0.4, 0.5) is 0 Å². The summed E-state index contributed by atoms with van der Waals surface area (Å²) < 4.78 is 0. The monoisotopic (exact) mass is 280 g/mol. The maximum absolute atomic E-state index is 3.89. The van der Waals surface area contributed by atoms with Crippen molar-refractivity contribution in [1.29, 1.82) is 0 Å². The molecule has 1 saturated carbocycles. The molecule has 118 valence electrons. The first-order valence-electron chi connectivity index (χ1n) is 9.01. The van der Waals surface area contributed by atoms with Crippen LogP contribution in [0, 0.1) is 16.7 Å². The lowest BCUT2D eigenvalue weighted by molar-refractivity contribution is 0.166. The van der Waals surface area contributed by atoms with Crippen LogP contribution in [-0.4, -0.2) is 26.2 Å². The predicted octanol–water partition coefficient (Wildman–Crippen LogP) is 3.96. The van der Waals surface area contributed by atoms with Gasteiger partial charge in [0.2, 0.25) is 0 Å². The Bertz CT molecular complexity index is 273. The fourth-order valence-corrected chi connectivity index (χ4v) is 4.64. The van der Waals surface area contributed by atoms with Crippen LogP contribution in [-0.2, 0) is 0 Å². The zero-order chi connectivity index (χ0) is 14.5. The van der Waals surface area contributed by atoms with Gasteiger partial charge in [-0.25, -0.2) is 0 Å². The van der Waals surface area contributed by atoms with Gasteiger partial charge in [0.05, 0.1) is 0 Å². The summed E-state index contributed by atoms with van der Waals surface area (Å²) in [5.41, 5.74) is 1.14. The second-order valence-electron chi connectivity index (χ2n) is 8.04. The molecule has 20 heavy (non-hydrogen) atoms. The molecule has 0 aromatic carbocycles. The average molecular weight is 280 g/mol. The van der Waals surface area contributed by atoms with Crippen molar-refractivity contribution in [3.8, 4) is 0 Å². The molecular weight excluding hydrogens is 244 g/mol. The molecule has 1 heterocycles. The van der Waals surface area contributed by atoms with Crippen LogP contribution >= 0.6 is 0 Å². The van der Waals surface area contributed by atoms with Crippen molar-refractivity contribution in [3.05, 3.63) is 0 Å². The Labute approximate surface area is 126 Å². The smallest absolute Gasteiger partial charge is 0.00201 e. The fraction of sp³-hybridized carbons (Fsp3) is 1.00. The quantitative estimate of drug-likeness (QED) is 0.737. The van der Waals surface area contributed by atoms with Crippen molar-refractivity contribution in [2.24, 2.45) is 16.7 Å². The third-order valence-electron chi connectivity index (χ3n) is 5.82. The Kier molecular flexibility index (Phi) is 5.92. The van der Waals surface area contributed by atoms with Crippen LogP contribution in [0.3, 0.4) is 0 Å². The molecule has 2 heteroatoms. The third kappa shape index (κ3) is 4.21. The number of nitrogens with one attached hydrogen (secondary N) is 2. The van der Waals surface area contributed by atoms with Crippen molar-refractivity contribution in [3.63, 3.8) is 0 Å². The van der Waals surface area contributed by atoms with Gasteiger partial charge in [-0.15, -0.1) is 0 Å². The minimum atomic E-state index is 0.524. The molecule has 1 aliphatic carbocycles. The van der Waals surface area contributed by atoms with Crippen LogP contribution < -0.4 is 10.6 Å².